The zero-order valence-corrected chi connectivity index (χ0v) is 17.6. The van der Waals surface area contributed by atoms with Crippen LogP contribution in [0, 0.1) is 11.3 Å². The molecular formula is C25H25N5. The fraction of sp³-hybridized carbons (Fsp3) is 0.240. The number of benzene rings is 2. The molecule has 0 bridgehead atoms. The van der Waals surface area contributed by atoms with Crippen LogP contribution in [-0.2, 0) is 12.8 Å². The fourth-order valence-electron chi connectivity index (χ4n) is 3.74. The maximum Gasteiger partial charge on any atom is 0.160 e. The predicted octanol–water partition coefficient (Wildman–Crippen LogP) is 5.55. The van der Waals surface area contributed by atoms with Crippen LogP contribution in [0.1, 0.15) is 37.1 Å². The summed E-state index contributed by atoms with van der Waals surface area (Å²) in [6.07, 6.45) is 4.85. The number of hydrogen-bond donors (Lipinski definition) is 0. The van der Waals surface area contributed by atoms with Crippen LogP contribution in [0.15, 0.2) is 60.8 Å². The van der Waals surface area contributed by atoms with Crippen LogP contribution in [0.3, 0.4) is 0 Å². The monoisotopic (exact) mass is 395 g/mol. The van der Waals surface area contributed by atoms with Crippen molar-refractivity contribution in [1.29, 1.82) is 5.26 Å². The van der Waals surface area contributed by atoms with Crippen molar-refractivity contribution in [1.82, 2.24) is 14.6 Å². The van der Waals surface area contributed by atoms with Crippen molar-refractivity contribution in [3.05, 3.63) is 77.6 Å². The molecule has 5 nitrogen and oxygen atoms in total. The molecule has 0 fully saturated rings. The van der Waals surface area contributed by atoms with Gasteiger partial charge in [0.15, 0.2) is 5.65 Å². The van der Waals surface area contributed by atoms with E-state index >= 15 is 0 Å². The number of nitriles is 1. The third-order valence-corrected chi connectivity index (χ3v) is 5.42. The van der Waals surface area contributed by atoms with Crippen molar-refractivity contribution in [2.24, 2.45) is 0 Å². The van der Waals surface area contributed by atoms with Gasteiger partial charge in [0.1, 0.15) is 5.82 Å². The number of fused-ring (bicyclic) bond motifs is 1. The Balaban J connectivity index is 1.74. The van der Waals surface area contributed by atoms with Crippen LogP contribution < -0.4 is 4.90 Å². The molecule has 4 aromatic rings. The Hall–Kier alpha value is -3.65. The molecule has 0 radical (unpaired) electrons. The van der Waals surface area contributed by atoms with E-state index in [1.807, 2.05) is 42.0 Å². The normalized spacial score (nSPS) is 10.9. The number of rotatable bonds is 6. The third-order valence-electron chi connectivity index (χ3n) is 5.42. The summed E-state index contributed by atoms with van der Waals surface area (Å²) < 4.78 is 1.93. The van der Waals surface area contributed by atoms with E-state index in [-0.39, 0.29) is 0 Å². The Morgan fingerprint density at radius 2 is 1.83 bits per heavy atom. The first-order valence-corrected chi connectivity index (χ1v) is 10.4. The zero-order chi connectivity index (χ0) is 21.1. The van der Waals surface area contributed by atoms with Gasteiger partial charge >= 0.3 is 0 Å². The largest absolute Gasteiger partial charge is 0.329 e. The lowest BCUT2D eigenvalue weighted by Gasteiger charge is -2.21. The number of nitrogens with zero attached hydrogens (tertiary/aromatic N) is 5. The smallest absolute Gasteiger partial charge is 0.160 e. The second kappa shape index (κ2) is 8.38. The average molecular weight is 396 g/mol. The molecule has 0 saturated heterocycles. The summed E-state index contributed by atoms with van der Waals surface area (Å²) in [5.41, 5.74) is 6.90. The highest BCUT2D eigenvalue weighted by molar-refractivity contribution is 5.73. The number of hydrogen-bond acceptors (Lipinski definition) is 4. The Morgan fingerprint density at radius 1 is 1.07 bits per heavy atom. The van der Waals surface area contributed by atoms with Crippen LogP contribution in [0.5, 0.6) is 0 Å². The van der Waals surface area contributed by atoms with E-state index < -0.39 is 0 Å². The molecule has 0 spiro atoms. The maximum absolute atomic E-state index is 9.39. The summed E-state index contributed by atoms with van der Waals surface area (Å²) in [5.74, 6) is 0.990. The fourth-order valence-corrected chi connectivity index (χ4v) is 3.74. The SMILES string of the molecule is CCCc1cnn2c(N(C)c3ccc(-c4ccccc4C#N)cc3)cc(CC)nc12. The Kier molecular flexibility index (Phi) is 5.49. The van der Waals surface area contributed by atoms with Crippen molar-refractivity contribution in [2.75, 3.05) is 11.9 Å². The lowest BCUT2D eigenvalue weighted by atomic mass is 10.0. The van der Waals surface area contributed by atoms with Gasteiger partial charge in [-0.3, -0.25) is 0 Å². The van der Waals surface area contributed by atoms with Gasteiger partial charge in [-0.2, -0.15) is 14.9 Å². The van der Waals surface area contributed by atoms with E-state index in [0.29, 0.717) is 5.56 Å². The van der Waals surface area contributed by atoms with Gasteiger partial charge in [0.2, 0.25) is 0 Å². The van der Waals surface area contributed by atoms with Gasteiger partial charge in [-0.1, -0.05) is 50.6 Å². The molecule has 5 heteroatoms. The first kappa shape index (κ1) is 19.7. The molecule has 0 atom stereocenters. The van der Waals surface area contributed by atoms with Crippen molar-refractivity contribution in [3.8, 4) is 17.2 Å². The summed E-state index contributed by atoms with van der Waals surface area (Å²) in [4.78, 5) is 6.96. The minimum atomic E-state index is 0.682. The van der Waals surface area contributed by atoms with Crippen LogP contribution in [0.25, 0.3) is 16.8 Å². The van der Waals surface area contributed by atoms with Crippen LogP contribution in [0.4, 0.5) is 11.5 Å². The lowest BCUT2D eigenvalue weighted by Crippen LogP contribution is -2.15. The summed E-state index contributed by atoms with van der Waals surface area (Å²) in [6.45, 7) is 4.30. The Bertz CT molecular complexity index is 1210. The molecule has 0 saturated carbocycles. The van der Waals surface area contributed by atoms with E-state index in [2.05, 4.69) is 60.2 Å². The highest BCUT2D eigenvalue weighted by Gasteiger charge is 2.15. The quantitative estimate of drug-likeness (QED) is 0.429. The molecule has 0 aliphatic heterocycles. The van der Waals surface area contributed by atoms with Crippen molar-refractivity contribution < 1.29 is 0 Å². The van der Waals surface area contributed by atoms with Gasteiger partial charge in [0.25, 0.3) is 0 Å². The van der Waals surface area contributed by atoms with Crippen LogP contribution >= 0.6 is 0 Å². The average Bonchev–Trinajstić information content (AvgIpc) is 3.21. The van der Waals surface area contributed by atoms with Crippen molar-refractivity contribution in [2.45, 2.75) is 33.1 Å². The van der Waals surface area contributed by atoms with E-state index in [1.165, 1.54) is 5.56 Å². The predicted molar refractivity (Wildman–Crippen MR) is 121 cm³/mol. The van der Waals surface area contributed by atoms with Crippen LogP contribution in [-0.4, -0.2) is 21.6 Å². The minimum Gasteiger partial charge on any atom is -0.329 e. The first-order valence-electron chi connectivity index (χ1n) is 10.4. The summed E-state index contributed by atoms with van der Waals surface area (Å²) >= 11 is 0. The zero-order valence-electron chi connectivity index (χ0n) is 17.6. The van der Waals surface area contributed by atoms with Crippen molar-refractivity contribution >= 4 is 17.2 Å². The molecule has 0 aliphatic rings. The van der Waals surface area contributed by atoms with Gasteiger partial charge in [-0.15, -0.1) is 0 Å². The van der Waals surface area contributed by atoms with Gasteiger partial charge in [-0.05, 0) is 42.2 Å². The molecule has 150 valence electrons. The van der Waals surface area contributed by atoms with Gasteiger partial charge in [-0.25, -0.2) is 4.98 Å². The molecule has 2 aromatic heterocycles. The molecule has 4 rings (SSSR count). The van der Waals surface area contributed by atoms with Gasteiger partial charge in [0, 0.05) is 30.1 Å². The summed E-state index contributed by atoms with van der Waals surface area (Å²) in [6, 6.07) is 20.3. The van der Waals surface area contributed by atoms with E-state index in [9.17, 15) is 5.26 Å². The van der Waals surface area contributed by atoms with E-state index in [4.69, 9.17) is 4.98 Å². The summed E-state index contributed by atoms with van der Waals surface area (Å²) in [7, 11) is 2.05. The minimum absolute atomic E-state index is 0.682. The van der Waals surface area contributed by atoms with E-state index in [0.717, 1.165) is 53.2 Å². The number of aromatic nitrogens is 3. The molecule has 0 aliphatic carbocycles. The van der Waals surface area contributed by atoms with Crippen molar-refractivity contribution in [3.63, 3.8) is 0 Å². The molecule has 0 unspecified atom stereocenters. The number of anilines is 2. The molecule has 0 amide bonds. The molecular weight excluding hydrogens is 370 g/mol. The molecule has 30 heavy (non-hydrogen) atoms. The van der Waals surface area contributed by atoms with E-state index in [1.54, 1.807) is 0 Å². The molecule has 2 heterocycles. The maximum atomic E-state index is 9.39. The second-order valence-electron chi connectivity index (χ2n) is 7.38. The lowest BCUT2D eigenvalue weighted by molar-refractivity contribution is 0.887. The summed E-state index contributed by atoms with van der Waals surface area (Å²) in [5, 5.41) is 14.0. The van der Waals surface area contributed by atoms with Gasteiger partial charge < -0.3 is 4.90 Å². The highest BCUT2D eigenvalue weighted by Crippen LogP contribution is 2.29. The number of aryl methyl sites for hydroxylation is 2. The Morgan fingerprint density at radius 3 is 2.53 bits per heavy atom. The topological polar surface area (TPSA) is 57.2 Å². The van der Waals surface area contributed by atoms with Crippen LogP contribution in [0.2, 0.25) is 0 Å². The molecule has 0 N–H and O–H groups in total. The Labute approximate surface area is 177 Å². The standard InChI is InChI=1S/C25H25N5/c1-4-8-20-17-27-30-24(15-21(5-2)28-25(20)30)29(3)22-13-11-18(12-14-22)23-10-7-6-9-19(23)16-26/h6-7,9-15,17H,4-5,8H2,1-3H3. The second-order valence-corrected chi connectivity index (χ2v) is 7.38. The highest BCUT2D eigenvalue weighted by atomic mass is 15.3. The van der Waals surface area contributed by atoms with Gasteiger partial charge in [0.05, 0.1) is 17.8 Å². The first-order chi connectivity index (χ1) is 14.7. The third kappa shape index (κ3) is 3.53. The molecule has 2 aromatic carbocycles.